The zero-order chi connectivity index (χ0) is 19.8. The van der Waals surface area contributed by atoms with Crippen LogP contribution >= 0.6 is 0 Å². The summed E-state index contributed by atoms with van der Waals surface area (Å²) in [7, 11) is 0. The summed E-state index contributed by atoms with van der Waals surface area (Å²) in [5.74, 6) is 0.149. The van der Waals surface area contributed by atoms with Crippen LogP contribution in [-0.2, 0) is 17.8 Å². The lowest BCUT2D eigenvalue weighted by Crippen LogP contribution is -2.26. The van der Waals surface area contributed by atoms with E-state index in [1.807, 2.05) is 18.3 Å². The summed E-state index contributed by atoms with van der Waals surface area (Å²) in [6.45, 7) is 11.9. The normalized spacial score (nSPS) is 12.0. The third-order valence-electron chi connectivity index (χ3n) is 4.70. The van der Waals surface area contributed by atoms with Crippen LogP contribution in [0.25, 0.3) is 11.7 Å². The van der Waals surface area contributed by atoms with Crippen molar-refractivity contribution in [1.29, 1.82) is 0 Å². The van der Waals surface area contributed by atoms with Gasteiger partial charge < -0.3 is 4.40 Å². The Kier molecular flexibility index (Phi) is 8.00. The molecule has 148 valence electrons. The SMILES string of the molecule is CCCc1nc2cc(/C=C/C(=O)NO)ccn2c1CN(CC)CCC(C)C. The Morgan fingerprint density at radius 2 is 2.19 bits per heavy atom. The summed E-state index contributed by atoms with van der Waals surface area (Å²) in [5, 5.41) is 8.60. The molecule has 0 aromatic carbocycles. The third-order valence-corrected chi connectivity index (χ3v) is 4.70. The summed E-state index contributed by atoms with van der Waals surface area (Å²) < 4.78 is 2.16. The van der Waals surface area contributed by atoms with Gasteiger partial charge in [0.2, 0.25) is 0 Å². The van der Waals surface area contributed by atoms with Crippen LogP contribution in [0.3, 0.4) is 0 Å². The van der Waals surface area contributed by atoms with E-state index in [0.717, 1.165) is 49.4 Å². The minimum Gasteiger partial charge on any atom is -0.302 e. The van der Waals surface area contributed by atoms with E-state index in [4.69, 9.17) is 10.2 Å². The number of nitrogens with one attached hydrogen (secondary N) is 1. The van der Waals surface area contributed by atoms with Crippen LogP contribution in [-0.4, -0.2) is 38.5 Å². The van der Waals surface area contributed by atoms with E-state index >= 15 is 0 Å². The number of rotatable bonds is 10. The Labute approximate surface area is 161 Å². The molecule has 0 radical (unpaired) electrons. The van der Waals surface area contributed by atoms with Crippen molar-refractivity contribution in [2.24, 2.45) is 5.92 Å². The summed E-state index contributed by atoms with van der Waals surface area (Å²) in [6, 6.07) is 3.92. The van der Waals surface area contributed by atoms with Crippen molar-refractivity contribution in [1.82, 2.24) is 19.8 Å². The third kappa shape index (κ3) is 5.91. The average molecular weight is 373 g/mol. The molecule has 2 aromatic heterocycles. The maximum absolute atomic E-state index is 11.2. The van der Waals surface area contributed by atoms with Crippen LogP contribution in [0.5, 0.6) is 0 Å². The highest BCUT2D eigenvalue weighted by atomic mass is 16.5. The van der Waals surface area contributed by atoms with Gasteiger partial charge in [-0.25, -0.2) is 10.5 Å². The number of fused-ring (bicyclic) bond motifs is 1. The van der Waals surface area contributed by atoms with Crippen molar-refractivity contribution >= 4 is 17.6 Å². The number of hydroxylamine groups is 1. The van der Waals surface area contributed by atoms with Gasteiger partial charge in [-0.3, -0.25) is 14.9 Å². The van der Waals surface area contributed by atoms with Crippen molar-refractivity contribution in [3.63, 3.8) is 0 Å². The lowest BCUT2D eigenvalue weighted by Gasteiger charge is -2.22. The van der Waals surface area contributed by atoms with Gasteiger partial charge in [0.05, 0.1) is 11.4 Å². The van der Waals surface area contributed by atoms with E-state index in [9.17, 15) is 4.79 Å². The van der Waals surface area contributed by atoms with E-state index in [1.165, 1.54) is 18.2 Å². The van der Waals surface area contributed by atoms with Crippen molar-refractivity contribution in [3.8, 4) is 0 Å². The molecule has 0 bridgehead atoms. The fraction of sp³-hybridized carbons (Fsp3) is 0.524. The number of pyridine rings is 1. The largest absolute Gasteiger partial charge is 0.302 e. The molecule has 2 heterocycles. The monoisotopic (exact) mass is 372 g/mol. The molecular formula is C21H32N4O2. The number of carbonyl (C=O) groups is 1. The number of nitrogens with zero attached hydrogens (tertiary/aromatic N) is 3. The van der Waals surface area contributed by atoms with E-state index in [1.54, 1.807) is 11.6 Å². The van der Waals surface area contributed by atoms with Gasteiger partial charge >= 0.3 is 0 Å². The molecule has 0 fully saturated rings. The molecule has 0 saturated heterocycles. The molecule has 0 unspecified atom stereocenters. The number of hydrogen-bond acceptors (Lipinski definition) is 4. The molecule has 1 amide bonds. The molecular weight excluding hydrogens is 340 g/mol. The van der Waals surface area contributed by atoms with Crippen molar-refractivity contribution in [2.45, 2.75) is 53.5 Å². The zero-order valence-electron chi connectivity index (χ0n) is 16.9. The second-order valence-electron chi connectivity index (χ2n) is 7.30. The number of amides is 1. The van der Waals surface area contributed by atoms with Crippen molar-refractivity contribution in [3.05, 3.63) is 41.4 Å². The maximum Gasteiger partial charge on any atom is 0.267 e. The van der Waals surface area contributed by atoms with Crippen LogP contribution in [0.4, 0.5) is 0 Å². The summed E-state index contributed by atoms with van der Waals surface area (Å²) in [5.41, 5.74) is 5.76. The lowest BCUT2D eigenvalue weighted by atomic mass is 10.1. The van der Waals surface area contributed by atoms with Crippen LogP contribution in [0, 0.1) is 5.92 Å². The van der Waals surface area contributed by atoms with Gasteiger partial charge in [-0.2, -0.15) is 0 Å². The molecule has 0 spiro atoms. The molecule has 0 atom stereocenters. The fourth-order valence-electron chi connectivity index (χ4n) is 3.08. The Bertz CT molecular complexity index is 780. The van der Waals surface area contributed by atoms with Crippen LogP contribution in [0.2, 0.25) is 0 Å². The van der Waals surface area contributed by atoms with E-state index in [0.29, 0.717) is 5.92 Å². The molecule has 2 N–H and O–H groups in total. The molecule has 0 aliphatic carbocycles. The van der Waals surface area contributed by atoms with E-state index in [2.05, 4.69) is 37.0 Å². The number of aromatic nitrogens is 2. The van der Waals surface area contributed by atoms with Crippen LogP contribution in [0.15, 0.2) is 24.4 Å². The Balaban J connectivity index is 2.31. The first kappa shape index (κ1) is 21.1. The molecule has 2 aromatic rings. The Morgan fingerprint density at radius 3 is 2.81 bits per heavy atom. The number of hydrogen-bond donors (Lipinski definition) is 2. The first-order valence-electron chi connectivity index (χ1n) is 9.82. The predicted octanol–water partition coefficient (Wildman–Crippen LogP) is 3.67. The zero-order valence-corrected chi connectivity index (χ0v) is 16.9. The second kappa shape index (κ2) is 10.2. The maximum atomic E-state index is 11.2. The van der Waals surface area contributed by atoms with Crippen molar-refractivity contribution in [2.75, 3.05) is 13.1 Å². The summed E-state index contributed by atoms with van der Waals surface area (Å²) in [4.78, 5) is 18.5. The van der Waals surface area contributed by atoms with Gasteiger partial charge in [0.1, 0.15) is 5.65 Å². The average Bonchev–Trinajstić information content (AvgIpc) is 2.99. The van der Waals surface area contributed by atoms with E-state index < -0.39 is 5.91 Å². The topological polar surface area (TPSA) is 69.9 Å². The van der Waals surface area contributed by atoms with Gasteiger partial charge in [-0.15, -0.1) is 0 Å². The van der Waals surface area contributed by atoms with Gasteiger partial charge in [0.15, 0.2) is 0 Å². The first-order chi connectivity index (χ1) is 13.0. The molecule has 6 nitrogen and oxygen atoms in total. The van der Waals surface area contributed by atoms with Crippen LogP contribution < -0.4 is 5.48 Å². The summed E-state index contributed by atoms with van der Waals surface area (Å²) >= 11 is 0. The van der Waals surface area contributed by atoms with Crippen LogP contribution in [0.1, 0.15) is 57.5 Å². The number of imidazole rings is 1. The first-order valence-corrected chi connectivity index (χ1v) is 9.82. The standard InChI is InChI=1S/C21H32N4O2/c1-5-7-18-19(15-24(6-2)12-10-16(3)4)25-13-11-17(14-20(25)22-18)8-9-21(26)23-27/h8-9,11,13-14,16,27H,5-7,10,12,15H2,1-4H3,(H,23,26)/b9-8+. The van der Waals surface area contributed by atoms with Gasteiger partial charge in [-0.1, -0.05) is 34.1 Å². The molecule has 0 aliphatic heterocycles. The quantitative estimate of drug-likeness (QED) is 0.379. The molecule has 27 heavy (non-hydrogen) atoms. The minimum absolute atomic E-state index is 0.547. The minimum atomic E-state index is -0.547. The number of aryl methyl sites for hydroxylation is 1. The van der Waals surface area contributed by atoms with Gasteiger partial charge in [0, 0.05) is 18.8 Å². The molecule has 0 saturated carbocycles. The Hall–Kier alpha value is -2.18. The Morgan fingerprint density at radius 1 is 1.41 bits per heavy atom. The number of carbonyl (C=O) groups excluding carboxylic acids is 1. The molecule has 6 heteroatoms. The second-order valence-corrected chi connectivity index (χ2v) is 7.30. The predicted molar refractivity (Wildman–Crippen MR) is 109 cm³/mol. The summed E-state index contributed by atoms with van der Waals surface area (Å²) in [6.07, 6.45) is 8.18. The van der Waals surface area contributed by atoms with E-state index in [-0.39, 0.29) is 0 Å². The lowest BCUT2D eigenvalue weighted by molar-refractivity contribution is -0.124. The smallest absolute Gasteiger partial charge is 0.267 e. The molecule has 0 aliphatic rings. The highest BCUT2D eigenvalue weighted by Crippen LogP contribution is 2.19. The highest BCUT2D eigenvalue weighted by Gasteiger charge is 2.15. The van der Waals surface area contributed by atoms with Gasteiger partial charge in [0.25, 0.3) is 5.91 Å². The van der Waals surface area contributed by atoms with Crippen molar-refractivity contribution < 1.29 is 10.0 Å². The molecule has 2 rings (SSSR count). The van der Waals surface area contributed by atoms with Gasteiger partial charge in [-0.05, 0) is 55.6 Å². The highest BCUT2D eigenvalue weighted by molar-refractivity contribution is 5.90. The fourth-order valence-corrected chi connectivity index (χ4v) is 3.08.